The highest BCUT2D eigenvalue weighted by Gasteiger charge is 2.13. The number of carbonyl (C=O) groups is 1. The Hall–Kier alpha value is -4.26. The summed E-state index contributed by atoms with van der Waals surface area (Å²) < 4.78 is 7.60. The highest BCUT2D eigenvalue weighted by Crippen LogP contribution is 2.29. The van der Waals surface area contributed by atoms with E-state index in [-0.39, 0.29) is 17.7 Å². The second-order valence-corrected chi connectivity index (χ2v) is 8.03. The summed E-state index contributed by atoms with van der Waals surface area (Å²) in [7, 11) is 0. The molecule has 0 fully saturated rings. The van der Waals surface area contributed by atoms with Crippen LogP contribution in [0.1, 0.15) is 35.3 Å². The highest BCUT2D eigenvalue weighted by molar-refractivity contribution is 5.88. The maximum atomic E-state index is 12.1. The second-order valence-electron chi connectivity index (χ2n) is 8.03. The minimum atomic E-state index is -1.05. The SMILES string of the molecule is CC(C)C1=CC=C(c2ccc(Oc3cc(C(=O)O)ccc3Cn3ccccc3=O)cc2)NN1. The maximum absolute atomic E-state index is 12.1. The van der Waals surface area contributed by atoms with Crippen molar-refractivity contribution in [2.75, 3.05) is 0 Å². The normalized spacial score (nSPS) is 12.9. The zero-order chi connectivity index (χ0) is 23.4. The molecule has 1 aliphatic heterocycles. The number of carboxylic acids is 1. The third-order valence-corrected chi connectivity index (χ3v) is 5.34. The van der Waals surface area contributed by atoms with Gasteiger partial charge in [-0.3, -0.25) is 4.79 Å². The lowest BCUT2D eigenvalue weighted by Crippen LogP contribution is -2.33. The molecule has 2 aromatic carbocycles. The van der Waals surface area contributed by atoms with Crippen LogP contribution in [0.3, 0.4) is 0 Å². The summed E-state index contributed by atoms with van der Waals surface area (Å²) in [6, 6.07) is 17.1. The molecule has 0 amide bonds. The summed E-state index contributed by atoms with van der Waals surface area (Å²) in [5, 5.41) is 9.40. The van der Waals surface area contributed by atoms with Gasteiger partial charge in [-0.2, -0.15) is 0 Å². The molecular weight excluding hydrogens is 418 g/mol. The van der Waals surface area contributed by atoms with Crippen molar-refractivity contribution in [3.8, 4) is 11.5 Å². The zero-order valence-electron chi connectivity index (χ0n) is 18.4. The lowest BCUT2D eigenvalue weighted by atomic mass is 10.1. The van der Waals surface area contributed by atoms with Crippen LogP contribution in [0.15, 0.2) is 89.5 Å². The number of benzene rings is 2. The van der Waals surface area contributed by atoms with Gasteiger partial charge in [0.15, 0.2) is 0 Å². The molecule has 4 rings (SSSR count). The summed E-state index contributed by atoms with van der Waals surface area (Å²) in [5.74, 6) is 0.300. The Balaban J connectivity index is 1.59. The predicted molar refractivity (Wildman–Crippen MR) is 127 cm³/mol. The Bertz CT molecular complexity index is 1290. The number of ether oxygens (including phenoxy) is 1. The number of nitrogens with one attached hydrogen (secondary N) is 2. The van der Waals surface area contributed by atoms with E-state index >= 15 is 0 Å². The number of hydrogen-bond donors (Lipinski definition) is 3. The lowest BCUT2D eigenvalue weighted by Gasteiger charge is -2.22. The number of aromatic carboxylic acids is 1. The molecule has 3 N–H and O–H groups in total. The largest absolute Gasteiger partial charge is 0.478 e. The number of carboxylic acid groups (broad SMARTS) is 1. The number of aromatic nitrogens is 1. The Morgan fingerprint density at radius 2 is 1.82 bits per heavy atom. The highest BCUT2D eigenvalue weighted by atomic mass is 16.5. The maximum Gasteiger partial charge on any atom is 0.335 e. The van der Waals surface area contributed by atoms with Crippen molar-refractivity contribution in [3.05, 3.63) is 112 Å². The van der Waals surface area contributed by atoms with Gasteiger partial charge in [-0.1, -0.05) is 26.0 Å². The third kappa shape index (κ3) is 5.15. The minimum absolute atomic E-state index is 0.112. The summed E-state index contributed by atoms with van der Waals surface area (Å²) in [5.41, 5.74) is 10.1. The number of nitrogens with zero attached hydrogens (tertiary/aromatic N) is 1. The summed E-state index contributed by atoms with van der Waals surface area (Å²) in [4.78, 5) is 23.6. The van der Waals surface area contributed by atoms with Crippen molar-refractivity contribution in [2.24, 2.45) is 5.92 Å². The molecule has 0 unspecified atom stereocenters. The summed E-state index contributed by atoms with van der Waals surface area (Å²) in [6.07, 6.45) is 5.76. The Kier molecular flexibility index (Phi) is 6.31. The van der Waals surface area contributed by atoms with Crippen LogP contribution >= 0.6 is 0 Å². The van der Waals surface area contributed by atoms with Crippen molar-refractivity contribution < 1.29 is 14.6 Å². The van der Waals surface area contributed by atoms with E-state index < -0.39 is 5.97 Å². The average molecular weight is 444 g/mol. The molecule has 0 saturated carbocycles. The van der Waals surface area contributed by atoms with Gasteiger partial charge in [-0.05, 0) is 66.1 Å². The third-order valence-electron chi connectivity index (χ3n) is 5.34. The van der Waals surface area contributed by atoms with E-state index in [0.717, 1.165) is 17.0 Å². The van der Waals surface area contributed by atoms with Gasteiger partial charge >= 0.3 is 5.97 Å². The quantitative estimate of drug-likeness (QED) is 0.502. The van der Waals surface area contributed by atoms with Crippen molar-refractivity contribution in [1.29, 1.82) is 0 Å². The average Bonchev–Trinajstić information content (AvgIpc) is 2.82. The van der Waals surface area contributed by atoms with Gasteiger partial charge < -0.3 is 25.3 Å². The van der Waals surface area contributed by atoms with E-state index in [1.165, 1.54) is 18.2 Å². The van der Waals surface area contributed by atoms with Crippen molar-refractivity contribution in [2.45, 2.75) is 20.4 Å². The van der Waals surface area contributed by atoms with Gasteiger partial charge in [-0.25, -0.2) is 4.79 Å². The van der Waals surface area contributed by atoms with Crippen LogP contribution in [0.25, 0.3) is 5.70 Å². The van der Waals surface area contributed by atoms with E-state index in [1.807, 2.05) is 30.3 Å². The fourth-order valence-corrected chi connectivity index (χ4v) is 3.42. The first-order valence-electron chi connectivity index (χ1n) is 10.6. The van der Waals surface area contributed by atoms with Crippen LogP contribution < -0.4 is 21.1 Å². The molecule has 0 bridgehead atoms. The van der Waals surface area contributed by atoms with E-state index in [9.17, 15) is 14.7 Å². The van der Waals surface area contributed by atoms with Gasteiger partial charge in [0.05, 0.1) is 17.8 Å². The summed E-state index contributed by atoms with van der Waals surface area (Å²) >= 11 is 0. The van der Waals surface area contributed by atoms with E-state index in [4.69, 9.17) is 4.74 Å². The molecule has 0 atom stereocenters. The predicted octanol–water partition coefficient (Wildman–Crippen LogP) is 4.38. The molecule has 3 aromatic rings. The Morgan fingerprint density at radius 1 is 1.03 bits per heavy atom. The molecule has 2 heterocycles. The second kappa shape index (κ2) is 9.48. The molecule has 168 valence electrons. The van der Waals surface area contributed by atoms with Crippen LogP contribution in [0, 0.1) is 5.92 Å². The van der Waals surface area contributed by atoms with Crippen LogP contribution in [-0.2, 0) is 6.54 Å². The summed E-state index contributed by atoms with van der Waals surface area (Å²) in [6.45, 7) is 4.50. The number of hydrazine groups is 1. The smallest absolute Gasteiger partial charge is 0.335 e. The molecule has 1 aliphatic rings. The van der Waals surface area contributed by atoms with Gasteiger partial charge in [0.25, 0.3) is 5.56 Å². The molecule has 7 nitrogen and oxygen atoms in total. The van der Waals surface area contributed by atoms with E-state index in [0.29, 0.717) is 23.0 Å². The topological polar surface area (TPSA) is 92.6 Å². The molecule has 1 aromatic heterocycles. The van der Waals surface area contributed by atoms with E-state index in [1.54, 1.807) is 29.0 Å². The number of allylic oxidation sites excluding steroid dienone is 3. The van der Waals surface area contributed by atoms with Gasteiger partial charge in [0.1, 0.15) is 11.5 Å². The lowest BCUT2D eigenvalue weighted by molar-refractivity contribution is 0.0696. The first kappa shape index (κ1) is 22.0. The zero-order valence-corrected chi connectivity index (χ0v) is 18.4. The standard InChI is InChI=1S/C26H25N3O4/c1-17(2)22-12-13-23(28-27-22)18-8-10-21(11-9-18)33-24-15-19(26(31)32)6-7-20(24)16-29-14-4-3-5-25(29)30/h3-15,17,27-28H,16H2,1-2H3,(H,31,32). The first-order chi connectivity index (χ1) is 15.9. The van der Waals surface area contributed by atoms with Crippen LogP contribution in [0.2, 0.25) is 0 Å². The molecule has 0 saturated heterocycles. The Labute approximate surface area is 191 Å². The van der Waals surface area contributed by atoms with Crippen LogP contribution in [0.4, 0.5) is 0 Å². The number of hydrogen-bond acceptors (Lipinski definition) is 5. The monoisotopic (exact) mass is 443 g/mol. The molecule has 0 spiro atoms. The minimum Gasteiger partial charge on any atom is -0.478 e. The van der Waals surface area contributed by atoms with Crippen molar-refractivity contribution in [1.82, 2.24) is 15.4 Å². The fraction of sp³-hybridized carbons (Fsp3) is 0.154. The first-order valence-corrected chi connectivity index (χ1v) is 10.6. The molecule has 0 radical (unpaired) electrons. The van der Waals surface area contributed by atoms with Crippen LogP contribution in [0.5, 0.6) is 11.5 Å². The fourth-order valence-electron chi connectivity index (χ4n) is 3.42. The van der Waals surface area contributed by atoms with Gasteiger partial charge in [0, 0.05) is 23.5 Å². The molecule has 33 heavy (non-hydrogen) atoms. The number of pyridine rings is 1. The Morgan fingerprint density at radius 3 is 2.45 bits per heavy atom. The van der Waals surface area contributed by atoms with Gasteiger partial charge in [0.2, 0.25) is 0 Å². The van der Waals surface area contributed by atoms with E-state index in [2.05, 4.69) is 30.8 Å². The number of rotatable bonds is 7. The molecule has 0 aliphatic carbocycles. The molecular formula is C26H25N3O4. The van der Waals surface area contributed by atoms with Gasteiger partial charge in [-0.15, -0.1) is 0 Å². The molecule has 7 heteroatoms. The van der Waals surface area contributed by atoms with Crippen molar-refractivity contribution >= 4 is 11.7 Å². The van der Waals surface area contributed by atoms with Crippen LogP contribution in [-0.4, -0.2) is 15.6 Å². The van der Waals surface area contributed by atoms with Crippen molar-refractivity contribution in [3.63, 3.8) is 0 Å².